The first-order valence-corrected chi connectivity index (χ1v) is 10.6. The predicted octanol–water partition coefficient (Wildman–Crippen LogP) is 4.19. The molecule has 156 valence electrons. The molecular formula is C24H31FN2O2. The lowest BCUT2D eigenvalue weighted by molar-refractivity contribution is -0.126. The molecule has 0 bridgehead atoms. The van der Waals surface area contributed by atoms with Gasteiger partial charge in [0.2, 0.25) is 5.91 Å². The van der Waals surface area contributed by atoms with Gasteiger partial charge in [0, 0.05) is 19.6 Å². The van der Waals surface area contributed by atoms with E-state index in [0.717, 1.165) is 56.6 Å². The molecule has 0 aliphatic carbocycles. The molecule has 2 aromatic carbocycles. The van der Waals surface area contributed by atoms with Crippen LogP contribution >= 0.6 is 0 Å². The smallest absolute Gasteiger partial charge is 0.224 e. The summed E-state index contributed by atoms with van der Waals surface area (Å²) in [5.41, 5.74) is 2.34. The number of likely N-dealkylation sites (tertiary alicyclic amines) is 1. The number of hydrogen-bond acceptors (Lipinski definition) is 3. The van der Waals surface area contributed by atoms with Crippen LogP contribution in [-0.4, -0.2) is 37.0 Å². The number of rotatable bonds is 9. The summed E-state index contributed by atoms with van der Waals surface area (Å²) in [6.07, 6.45) is 3.82. The minimum Gasteiger partial charge on any atom is -0.494 e. The zero-order valence-electron chi connectivity index (χ0n) is 17.2. The maximum atomic E-state index is 13.1. The number of hydrogen-bond donors (Lipinski definition) is 1. The van der Waals surface area contributed by atoms with Gasteiger partial charge in [-0.25, -0.2) is 4.39 Å². The standard InChI is InChI=1S/C24H31FN2O2/c1-2-29-23-13-9-19(10-14-23)5-3-15-26-24(28)21-6-4-16-27(18-21)17-20-7-11-22(25)12-8-20/h7-14,21H,2-6,15-18H2,1H3,(H,26,28)/t21-/m0/s1. The van der Waals surface area contributed by atoms with Gasteiger partial charge in [0.05, 0.1) is 12.5 Å². The zero-order chi connectivity index (χ0) is 20.5. The van der Waals surface area contributed by atoms with Gasteiger partial charge < -0.3 is 10.1 Å². The molecule has 0 unspecified atom stereocenters. The molecule has 1 aliphatic rings. The fourth-order valence-corrected chi connectivity index (χ4v) is 3.83. The molecule has 0 aromatic heterocycles. The number of piperidine rings is 1. The highest BCUT2D eigenvalue weighted by molar-refractivity contribution is 5.78. The van der Waals surface area contributed by atoms with Crippen molar-refractivity contribution in [2.45, 2.75) is 39.2 Å². The van der Waals surface area contributed by atoms with E-state index in [-0.39, 0.29) is 17.6 Å². The number of aryl methyl sites for hydroxylation is 1. The first kappa shape index (κ1) is 21.3. The lowest BCUT2D eigenvalue weighted by Gasteiger charge is -2.32. The largest absolute Gasteiger partial charge is 0.494 e. The van der Waals surface area contributed by atoms with Gasteiger partial charge in [0.15, 0.2) is 0 Å². The van der Waals surface area contributed by atoms with Crippen LogP contribution < -0.4 is 10.1 Å². The summed E-state index contributed by atoms with van der Waals surface area (Å²) in [7, 11) is 0. The van der Waals surface area contributed by atoms with Crippen molar-refractivity contribution in [2.75, 3.05) is 26.2 Å². The van der Waals surface area contributed by atoms with Crippen molar-refractivity contribution < 1.29 is 13.9 Å². The summed E-state index contributed by atoms with van der Waals surface area (Å²) >= 11 is 0. The Morgan fingerprint density at radius 2 is 1.86 bits per heavy atom. The number of halogens is 1. The molecule has 29 heavy (non-hydrogen) atoms. The molecule has 5 heteroatoms. The van der Waals surface area contributed by atoms with Crippen LogP contribution in [-0.2, 0) is 17.8 Å². The Labute approximate surface area is 173 Å². The van der Waals surface area contributed by atoms with Crippen molar-refractivity contribution in [3.8, 4) is 5.75 Å². The average Bonchev–Trinajstić information content (AvgIpc) is 2.74. The SMILES string of the molecule is CCOc1ccc(CCCNC(=O)[C@H]2CCCN(Cc3ccc(F)cc3)C2)cc1. The first-order chi connectivity index (χ1) is 14.1. The van der Waals surface area contributed by atoms with Crippen molar-refractivity contribution in [2.24, 2.45) is 5.92 Å². The van der Waals surface area contributed by atoms with Crippen LogP contribution in [0, 0.1) is 11.7 Å². The van der Waals surface area contributed by atoms with Gasteiger partial charge in [0.25, 0.3) is 0 Å². The van der Waals surface area contributed by atoms with Crippen LogP contribution in [0.4, 0.5) is 4.39 Å². The van der Waals surface area contributed by atoms with Gasteiger partial charge in [0.1, 0.15) is 11.6 Å². The molecule has 1 saturated heterocycles. The maximum absolute atomic E-state index is 13.1. The minimum atomic E-state index is -0.213. The van der Waals surface area contributed by atoms with Gasteiger partial charge in [-0.3, -0.25) is 9.69 Å². The Morgan fingerprint density at radius 3 is 2.59 bits per heavy atom. The van der Waals surface area contributed by atoms with Gasteiger partial charge in [-0.1, -0.05) is 24.3 Å². The van der Waals surface area contributed by atoms with Gasteiger partial charge in [-0.05, 0) is 74.5 Å². The number of nitrogens with one attached hydrogen (secondary N) is 1. The van der Waals surface area contributed by atoms with Crippen molar-refractivity contribution >= 4 is 5.91 Å². The minimum absolute atomic E-state index is 0.0367. The zero-order valence-corrected chi connectivity index (χ0v) is 17.2. The fraction of sp³-hybridized carbons (Fsp3) is 0.458. The maximum Gasteiger partial charge on any atom is 0.224 e. The molecule has 2 aromatic rings. The highest BCUT2D eigenvalue weighted by Gasteiger charge is 2.25. The number of nitrogens with zero attached hydrogens (tertiary/aromatic N) is 1. The van der Waals surface area contributed by atoms with Gasteiger partial charge in [-0.2, -0.15) is 0 Å². The number of benzene rings is 2. The number of ether oxygens (including phenoxy) is 1. The number of carbonyl (C=O) groups excluding carboxylic acids is 1. The lowest BCUT2D eigenvalue weighted by Crippen LogP contribution is -2.42. The van der Waals surface area contributed by atoms with Gasteiger partial charge >= 0.3 is 0 Å². The molecule has 0 radical (unpaired) electrons. The van der Waals surface area contributed by atoms with E-state index in [0.29, 0.717) is 13.2 Å². The summed E-state index contributed by atoms with van der Waals surface area (Å²) in [5, 5.41) is 3.11. The molecule has 1 atom stereocenters. The van der Waals surface area contributed by atoms with E-state index in [1.165, 1.54) is 17.7 Å². The molecule has 1 heterocycles. The topological polar surface area (TPSA) is 41.6 Å². The van der Waals surface area contributed by atoms with Crippen LogP contribution in [0.25, 0.3) is 0 Å². The van der Waals surface area contributed by atoms with E-state index in [2.05, 4.69) is 22.3 Å². The van der Waals surface area contributed by atoms with Crippen molar-refractivity contribution in [3.63, 3.8) is 0 Å². The summed E-state index contributed by atoms with van der Waals surface area (Å²) in [5.74, 6) is 0.872. The van der Waals surface area contributed by atoms with Crippen molar-refractivity contribution in [1.29, 1.82) is 0 Å². The number of amides is 1. The third-order valence-corrected chi connectivity index (χ3v) is 5.37. The molecule has 1 fully saturated rings. The van der Waals surface area contributed by atoms with E-state index in [4.69, 9.17) is 4.74 Å². The van der Waals surface area contributed by atoms with Crippen LogP contribution in [0.2, 0.25) is 0 Å². The van der Waals surface area contributed by atoms with E-state index in [1.807, 2.05) is 31.2 Å². The fourth-order valence-electron chi connectivity index (χ4n) is 3.83. The van der Waals surface area contributed by atoms with Crippen LogP contribution in [0.15, 0.2) is 48.5 Å². The molecule has 3 rings (SSSR count). The van der Waals surface area contributed by atoms with Crippen LogP contribution in [0.5, 0.6) is 5.75 Å². The predicted molar refractivity (Wildman–Crippen MR) is 113 cm³/mol. The summed E-state index contributed by atoms with van der Waals surface area (Å²) in [6.45, 7) is 5.86. The van der Waals surface area contributed by atoms with E-state index >= 15 is 0 Å². The van der Waals surface area contributed by atoms with E-state index < -0.39 is 0 Å². The molecular weight excluding hydrogens is 367 g/mol. The third kappa shape index (κ3) is 6.86. The quantitative estimate of drug-likeness (QED) is 0.644. The summed E-state index contributed by atoms with van der Waals surface area (Å²) in [4.78, 5) is 14.9. The molecule has 1 amide bonds. The Morgan fingerprint density at radius 1 is 1.14 bits per heavy atom. The Bertz CT molecular complexity index is 761. The first-order valence-electron chi connectivity index (χ1n) is 10.6. The van der Waals surface area contributed by atoms with Crippen LogP contribution in [0.1, 0.15) is 37.3 Å². The van der Waals surface area contributed by atoms with E-state index in [9.17, 15) is 9.18 Å². The average molecular weight is 399 g/mol. The molecule has 4 nitrogen and oxygen atoms in total. The van der Waals surface area contributed by atoms with E-state index in [1.54, 1.807) is 0 Å². The Kier molecular flexibility index (Phi) is 8.05. The summed E-state index contributed by atoms with van der Waals surface area (Å²) < 4.78 is 18.5. The second-order valence-corrected chi connectivity index (χ2v) is 7.67. The Balaban J connectivity index is 1.37. The second kappa shape index (κ2) is 11.0. The third-order valence-electron chi connectivity index (χ3n) is 5.37. The number of carbonyl (C=O) groups is 1. The van der Waals surface area contributed by atoms with Crippen LogP contribution in [0.3, 0.4) is 0 Å². The normalized spacial score (nSPS) is 17.1. The highest BCUT2D eigenvalue weighted by Crippen LogP contribution is 2.19. The highest BCUT2D eigenvalue weighted by atomic mass is 19.1. The summed E-state index contributed by atoms with van der Waals surface area (Å²) in [6, 6.07) is 14.8. The van der Waals surface area contributed by atoms with Gasteiger partial charge in [-0.15, -0.1) is 0 Å². The molecule has 1 aliphatic heterocycles. The van der Waals surface area contributed by atoms with Crippen molar-refractivity contribution in [1.82, 2.24) is 10.2 Å². The Hall–Kier alpha value is -2.40. The van der Waals surface area contributed by atoms with Crippen molar-refractivity contribution in [3.05, 3.63) is 65.5 Å². The molecule has 0 spiro atoms. The molecule has 0 saturated carbocycles. The lowest BCUT2D eigenvalue weighted by atomic mass is 9.96. The molecule has 1 N–H and O–H groups in total. The monoisotopic (exact) mass is 398 g/mol. The second-order valence-electron chi connectivity index (χ2n) is 7.67.